The van der Waals surface area contributed by atoms with Crippen molar-refractivity contribution in [2.45, 2.75) is 52.4 Å². The van der Waals surface area contributed by atoms with Crippen molar-refractivity contribution in [1.29, 1.82) is 0 Å². The highest BCUT2D eigenvalue weighted by Gasteiger charge is 2.18. The van der Waals surface area contributed by atoms with E-state index in [1.807, 2.05) is 36.7 Å². The van der Waals surface area contributed by atoms with E-state index in [0.717, 1.165) is 33.7 Å². The minimum absolute atomic E-state index is 0.0258. The average Bonchev–Trinajstić information content (AvgIpc) is 3.26. The Morgan fingerprint density at radius 2 is 1.25 bits per heavy atom. The molecule has 0 aliphatic heterocycles. The lowest BCUT2D eigenvalue weighted by molar-refractivity contribution is 0.459. The number of fused-ring (bicyclic) bond motifs is 3. The van der Waals surface area contributed by atoms with Crippen LogP contribution in [-0.2, 0) is 10.8 Å². The Bertz CT molecular complexity index is 1850. The van der Waals surface area contributed by atoms with Gasteiger partial charge in [-0.05, 0) is 75.5 Å². The van der Waals surface area contributed by atoms with Crippen molar-refractivity contribution >= 4 is 21.8 Å². The maximum Gasteiger partial charge on any atom is 0.219 e. The van der Waals surface area contributed by atoms with E-state index in [9.17, 15) is 0 Å². The summed E-state index contributed by atoms with van der Waals surface area (Å²) >= 11 is 0. The molecule has 40 heavy (non-hydrogen) atoms. The molecule has 0 N–H and O–H groups in total. The van der Waals surface area contributed by atoms with Crippen molar-refractivity contribution in [1.82, 2.24) is 14.5 Å². The first-order valence-electron chi connectivity index (χ1n) is 13.8. The quantitative estimate of drug-likeness (QED) is 0.230. The van der Waals surface area contributed by atoms with Gasteiger partial charge in [0.2, 0.25) is 5.88 Å². The summed E-state index contributed by atoms with van der Waals surface area (Å²) in [5.74, 6) is 2.29. The lowest BCUT2D eigenvalue weighted by Gasteiger charge is -2.20. The number of hydrogen-bond acceptors (Lipinski definition) is 3. The summed E-state index contributed by atoms with van der Waals surface area (Å²) in [5, 5.41) is 2.42. The molecule has 0 aliphatic rings. The van der Waals surface area contributed by atoms with Gasteiger partial charge in [0, 0.05) is 29.2 Å². The van der Waals surface area contributed by atoms with Crippen LogP contribution in [0.3, 0.4) is 0 Å². The third-order valence-electron chi connectivity index (χ3n) is 7.51. The van der Waals surface area contributed by atoms with Gasteiger partial charge in [-0.15, -0.1) is 0 Å². The predicted molar refractivity (Wildman–Crippen MR) is 166 cm³/mol. The zero-order valence-corrected chi connectivity index (χ0v) is 24.1. The van der Waals surface area contributed by atoms with E-state index < -0.39 is 0 Å². The van der Waals surface area contributed by atoms with Crippen LogP contribution in [0.4, 0.5) is 0 Å². The maximum atomic E-state index is 6.22. The first kappa shape index (κ1) is 25.8. The minimum Gasteiger partial charge on any atom is -0.439 e. The number of rotatable bonds is 4. The summed E-state index contributed by atoms with van der Waals surface area (Å²) in [7, 11) is 0. The van der Waals surface area contributed by atoms with Gasteiger partial charge in [0.1, 0.15) is 11.6 Å². The van der Waals surface area contributed by atoms with Crippen molar-refractivity contribution in [3.63, 3.8) is 0 Å². The molecule has 0 unspecified atom stereocenters. The Morgan fingerprint density at radius 3 is 2.02 bits per heavy atom. The molecule has 0 radical (unpaired) electrons. The minimum atomic E-state index is 0.0258. The first-order chi connectivity index (χ1) is 19.1. The first-order valence-corrected chi connectivity index (χ1v) is 13.8. The van der Waals surface area contributed by atoms with Crippen LogP contribution in [-0.4, -0.2) is 14.5 Å². The number of ether oxygens (including phenoxy) is 1. The molecule has 0 spiro atoms. The third-order valence-corrected chi connectivity index (χ3v) is 7.51. The van der Waals surface area contributed by atoms with Crippen LogP contribution in [0, 0.1) is 0 Å². The number of nitrogens with zero attached hydrogens (tertiary/aromatic N) is 3. The van der Waals surface area contributed by atoms with E-state index in [-0.39, 0.29) is 10.8 Å². The van der Waals surface area contributed by atoms with Gasteiger partial charge < -0.3 is 4.74 Å². The molecule has 4 nitrogen and oxygen atoms in total. The fourth-order valence-electron chi connectivity index (χ4n) is 5.20. The van der Waals surface area contributed by atoms with E-state index >= 15 is 0 Å². The van der Waals surface area contributed by atoms with E-state index in [0.29, 0.717) is 5.88 Å². The van der Waals surface area contributed by atoms with E-state index in [4.69, 9.17) is 9.72 Å². The largest absolute Gasteiger partial charge is 0.439 e. The van der Waals surface area contributed by atoms with E-state index in [2.05, 4.69) is 118 Å². The molecule has 0 saturated heterocycles. The molecule has 0 aliphatic carbocycles. The van der Waals surface area contributed by atoms with Crippen LogP contribution < -0.4 is 4.74 Å². The van der Waals surface area contributed by atoms with Crippen molar-refractivity contribution in [2.24, 2.45) is 0 Å². The van der Waals surface area contributed by atoms with Gasteiger partial charge in [-0.1, -0.05) is 84.0 Å². The normalized spacial score (nSPS) is 12.2. The molecule has 0 amide bonds. The highest BCUT2D eigenvalue weighted by Crippen LogP contribution is 2.36. The Labute approximate surface area is 236 Å². The standard InChI is InChI=1S/C36H35N3O/c1-35(2,3)26-16-18-37-33(22-26)39-31-13-8-7-12-29(31)30-15-14-25(21-32(30)39)24-10-9-11-28(20-24)40-34-23-27(17-19-38-34)36(4,5)6/h7-23H,1-6H3. The molecule has 0 bridgehead atoms. The summed E-state index contributed by atoms with van der Waals surface area (Å²) in [4.78, 5) is 9.27. The molecular weight excluding hydrogens is 490 g/mol. The summed E-state index contributed by atoms with van der Waals surface area (Å²) < 4.78 is 8.51. The SMILES string of the molecule is CC(C)(C)c1ccnc(Oc2cccc(-c3ccc4c5ccccc5n(-c5cc(C(C)(C)C)ccn5)c4c3)c2)c1. The highest BCUT2D eigenvalue weighted by molar-refractivity contribution is 6.10. The van der Waals surface area contributed by atoms with Crippen molar-refractivity contribution < 1.29 is 4.74 Å². The van der Waals surface area contributed by atoms with Crippen LogP contribution >= 0.6 is 0 Å². The third kappa shape index (κ3) is 4.86. The molecule has 3 heterocycles. The van der Waals surface area contributed by atoms with Crippen LogP contribution in [0.1, 0.15) is 52.7 Å². The second kappa shape index (κ2) is 9.63. The molecular formula is C36H35N3O. The molecule has 200 valence electrons. The number of para-hydroxylation sites is 1. The lowest BCUT2D eigenvalue weighted by atomic mass is 9.88. The van der Waals surface area contributed by atoms with Gasteiger partial charge in [0.25, 0.3) is 0 Å². The molecule has 0 saturated carbocycles. The molecule has 3 aromatic heterocycles. The van der Waals surface area contributed by atoms with Gasteiger partial charge in [-0.25, -0.2) is 9.97 Å². The average molecular weight is 526 g/mol. The molecule has 0 atom stereocenters. The van der Waals surface area contributed by atoms with E-state index in [1.165, 1.54) is 21.9 Å². The van der Waals surface area contributed by atoms with Gasteiger partial charge in [-0.3, -0.25) is 4.57 Å². The summed E-state index contributed by atoms with van der Waals surface area (Å²) in [5.41, 5.74) is 6.98. The molecule has 3 aromatic carbocycles. The fraction of sp³-hybridized carbons (Fsp3) is 0.222. The Kier molecular flexibility index (Phi) is 6.22. The molecule has 4 heteroatoms. The van der Waals surface area contributed by atoms with Crippen LogP contribution in [0.2, 0.25) is 0 Å². The van der Waals surface area contributed by atoms with Gasteiger partial charge in [-0.2, -0.15) is 0 Å². The van der Waals surface area contributed by atoms with Crippen molar-refractivity contribution in [2.75, 3.05) is 0 Å². The molecule has 6 aromatic rings. The predicted octanol–water partition coefficient (Wildman–Crippen LogP) is 9.63. The van der Waals surface area contributed by atoms with Crippen LogP contribution in [0.5, 0.6) is 11.6 Å². The summed E-state index contributed by atoms with van der Waals surface area (Å²) in [6, 6.07) is 31.8. The van der Waals surface area contributed by atoms with Crippen LogP contribution in [0.25, 0.3) is 38.8 Å². The van der Waals surface area contributed by atoms with Crippen LogP contribution in [0.15, 0.2) is 103 Å². The second-order valence-electron chi connectivity index (χ2n) is 12.5. The fourth-order valence-corrected chi connectivity index (χ4v) is 5.20. The zero-order chi connectivity index (χ0) is 28.1. The Hall–Kier alpha value is -4.44. The smallest absolute Gasteiger partial charge is 0.219 e. The van der Waals surface area contributed by atoms with Crippen molar-refractivity contribution in [3.8, 4) is 28.6 Å². The lowest BCUT2D eigenvalue weighted by Crippen LogP contribution is -2.12. The summed E-state index contributed by atoms with van der Waals surface area (Å²) in [6.07, 6.45) is 3.74. The number of hydrogen-bond donors (Lipinski definition) is 0. The maximum absolute atomic E-state index is 6.22. The zero-order valence-electron chi connectivity index (χ0n) is 24.1. The van der Waals surface area contributed by atoms with Gasteiger partial charge in [0.15, 0.2) is 0 Å². The molecule has 0 fully saturated rings. The Balaban J connectivity index is 1.45. The molecule has 6 rings (SSSR count). The van der Waals surface area contributed by atoms with Crippen molar-refractivity contribution in [3.05, 3.63) is 115 Å². The number of pyridine rings is 2. The Morgan fingerprint density at radius 1 is 0.575 bits per heavy atom. The number of aromatic nitrogens is 3. The van der Waals surface area contributed by atoms with Gasteiger partial charge in [0.05, 0.1) is 11.0 Å². The van der Waals surface area contributed by atoms with E-state index in [1.54, 1.807) is 0 Å². The highest BCUT2D eigenvalue weighted by atomic mass is 16.5. The van der Waals surface area contributed by atoms with Gasteiger partial charge >= 0.3 is 0 Å². The monoisotopic (exact) mass is 525 g/mol. The topological polar surface area (TPSA) is 39.9 Å². The summed E-state index contributed by atoms with van der Waals surface area (Å²) in [6.45, 7) is 13.3. The number of benzene rings is 3. The second-order valence-corrected chi connectivity index (χ2v) is 12.5.